The normalized spacial score (nSPS) is 34.7. The summed E-state index contributed by atoms with van der Waals surface area (Å²) in [6.07, 6.45) is 3.05. The highest BCUT2D eigenvalue weighted by Crippen LogP contribution is 2.21. The molecule has 0 aromatic rings. The first-order chi connectivity index (χ1) is 9.00. The second-order valence-corrected chi connectivity index (χ2v) is 8.13. The van der Waals surface area contributed by atoms with Crippen LogP contribution in [0.4, 0.5) is 0 Å². The van der Waals surface area contributed by atoms with Crippen molar-refractivity contribution in [3.05, 3.63) is 0 Å². The van der Waals surface area contributed by atoms with Crippen LogP contribution >= 0.6 is 0 Å². The molecule has 0 spiro atoms. The summed E-state index contributed by atoms with van der Waals surface area (Å²) in [4.78, 5) is 12.1. The van der Waals surface area contributed by atoms with Crippen LogP contribution in [0.5, 0.6) is 0 Å². The average Bonchev–Trinajstić information content (AvgIpc) is 2.37. The number of hydrogen-bond acceptors (Lipinski definition) is 4. The van der Waals surface area contributed by atoms with Gasteiger partial charge in [0.1, 0.15) is 5.25 Å². The van der Waals surface area contributed by atoms with Crippen molar-refractivity contribution in [1.82, 2.24) is 10.6 Å². The maximum atomic E-state index is 12.1. The number of carbonyl (C=O) groups is 1. The van der Waals surface area contributed by atoms with Gasteiger partial charge >= 0.3 is 0 Å². The molecule has 2 heterocycles. The molecule has 2 aliphatic rings. The molecule has 0 aromatic heterocycles. The van der Waals surface area contributed by atoms with E-state index in [1.54, 1.807) is 0 Å². The summed E-state index contributed by atoms with van der Waals surface area (Å²) < 4.78 is 23.7. The Hall–Kier alpha value is -0.620. The molecule has 0 radical (unpaired) electrons. The molecule has 2 N–H and O–H groups in total. The van der Waals surface area contributed by atoms with E-state index >= 15 is 0 Å². The van der Waals surface area contributed by atoms with Gasteiger partial charge in [-0.1, -0.05) is 13.3 Å². The Morgan fingerprint density at radius 2 is 2.11 bits per heavy atom. The monoisotopic (exact) mass is 288 g/mol. The van der Waals surface area contributed by atoms with Crippen molar-refractivity contribution >= 4 is 15.7 Å². The molecule has 0 aromatic carbocycles. The molecule has 2 aliphatic heterocycles. The first-order valence-electron chi connectivity index (χ1n) is 7.20. The lowest BCUT2D eigenvalue weighted by Crippen LogP contribution is -2.46. The summed E-state index contributed by atoms with van der Waals surface area (Å²) in [6.45, 7) is 4.73. The smallest absolute Gasteiger partial charge is 0.238 e. The molecule has 2 rings (SSSR count). The predicted molar refractivity (Wildman–Crippen MR) is 74.6 cm³/mol. The van der Waals surface area contributed by atoms with Crippen molar-refractivity contribution in [2.75, 3.05) is 25.4 Å². The Bertz CT molecular complexity index is 422. The molecule has 0 saturated carbocycles. The quantitative estimate of drug-likeness (QED) is 0.784. The molecule has 19 heavy (non-hydrogen) atoms. The SMILES string of the molecule is CC1CNCCC1CNC(=O)C1CCCCS1(=O)=O. The third-order valence-electron chi connectivity index (χ3n) is 4.37. The van der Waals surface area contributed by atoms with E-state index in [2.05, 4.69) is 17.6 Å². The van der Waals surface area contributed by atoms with Crippen molar-refractivity contribution in [2.45, 2.75) is 37.9 Å². The van der Waals surface area contributed by atoms with Gasteiger partial charge < -0.3 is 10.6 Å². The maximum absolute atomic E-state index is 12.1. The zero-order valence-corrected chi connectivity index (χ0v) is 12.3. The van der Waals surface area contributed by atoms with Gasteiger partial charge in [0.2, 0.25) is 5.91 Å². The van der Waals surface area contributed by atoms with E-state index in [4.69, 9.17) is 0 Å². The van der Waals surface area contributed by atoms with Crippen LogP contribution < -0.4 is 10.6 Å². The largest absolute Gasteiger partial charge is 0.355 e. The molecule has 5 nitrogen and oxygen atoms in total. The van der Waals surface area contributed by atoms with E-state index < -0.39 is 15.1 Å². The number of rotatable bonds is 3. The molecule has 2 saturated heterocycles. The summed E-state index contributed by atoms with van der Waals surface area (Å²) in [5.41, 5.74) is 0. The minimum Gasteiger partial charge on any atom is -0.355 e. The van der Waals surface area contributed by atoms with Crippen LogP contribution in [0, 0.1) is 11.8 Å². The van der Waals surface area contributed by atoms with Crippen molar-refractivity contribution < 1.29 is 13.2 Å². The summed E-state index contributed by atoms with van der Waals surface area (Å²) in [6, 6.07) is 0. The topological polar surface area (TPSA) is 75.3 Å². The summed E-state index contributed by atoms with van der Waals surface area (Å²) in [5, 5.41) is 5.38. The minimum absolute atomic E-state index is 0.162. The van der Waals surface area contributed by atoms with Crippen LogP contribution in [0.2, 0.25) is 0 Å². The Labute approximate surface area is 115 Å². The Morgan fingerprint density at radius 3 is 2.79 bits per heavy atom. The summed E-state index contributed by atoms with van der Waals surface area (Å²) in [5.74, 6) is 0.855. The van der Waals surface area contributed by atoms with Crippen molar-refractivity contribution in [2.24, 2.45) is 11.8 Å². The van der Waals surface area contributed by atoms with Gasteiger partial charge in [-0.15, -0.1) is 0 Å². The molecule has 6 heteroatoms. The van der Waals surface area contributed by atoms with E-state index in [9.17, 15) is 13.2 Å². The van der Waals surface area contributed by atoms with Gasteiger partial charge in [0.15, 0.2) is 9.84 Å². The highest BCUT2D eigenvalue weighted by molar-refractivity contribution is 7.92. The standard InChI is InChI=1S/C13H24N2O3S/c1-10-8-14-6-5-11(10)9-15-13(16)12-4-2-3-7-19(12,17)18/h10-12,14H,2-9H2,1H3,(H,15,16). The van der Waals surface area contributed by atoms with Crippen LogP contribution in [0.15, 0.2) is 0 Å². The van der Waals surface area contributed by atoms with Crippen LogP contribution in [0.3, 0.4) is 0 Å². The number of carbonyl (C=O) groups excluding carboxylic acids is 1. The van der Waals surface area contributed by atoms with Gasteiger partial charge in [-0.05, 0) is 44.2 Å². The first kappa shape index (κ1) is 14.8. The van der Waals surface area contributed by atoms with Gasteiger partial charge in [-0.2, -0.15) is 0 Å². The van der Waals surface area contributed by atoms with Gasteiger partial charge in [-0.25, -0.2) is 8.42 Å². The number of hydrogen-bond donors (Lipinski definition) is 2. The highest BCUT2D eigenvalue weighted by atomic mass is 32.2. The summed E-state index contributed by atoms with van der Waals surface area (Å²) in [7, 11) is -3.21. The minimum atomic E-state index is -3.21. The lowest BCUT2D eigenvalue weighted by molar-refractivity contribution is -0.121. The fourth-order valence-corrected chi connectivity index (χ4v) is 4.79. The number of piperidine rings is 1. The number of amides is 1. The van der Waals surface area contributed by atoms with E-state index in [1.165, 1.54) is 0 Å². The first-order valence-corrected chi connectivity index (χ1v) is 8.92. The van der Waals surface area contributed by atoms with Crippen molar-refractivity contribution in [1.29, 1.82) is 0 Å². The van der Waals surface area contributed by atoms with Gasteiger partial charge in [0.25, 0.3) is 0 Å². The lowest BCUT2D eigenvalue weighted by Gasteiger charge is -2.30. The maximum Gasteiger partial charge on any atom is 0.238 e. The zero-order chi connectivity index (χ0) is 13.9. The van der Waals surface area contributed by atoms with Crippen LogP contribution in [0.1, 0.15) is 32.6 Å². The van der Waals surface area contributed by atoms with Gasteiger partial charge in [0, 0.05) is 6.54 Å². The molecular weight excluding hydrogens is 264 g/mol. The molecule has 0 aliphatic carbocycles. The Kier molecular flexibility index (Phi) is 4.84. The molecule has 1 amide bonds. The van der Waals surface area contributed by atoms with E-state index in [-0.39, 0.29) is 11.7 Å². The molecule has 3 atom stereocenters. The molecular formula is C13H24N2O3S. The fraction of sp³-hybridized carbons (Fsp3) is 0.923. The molecule has 110 valence electrons. The molecule has 2 fully saturated rings. The molecule has 0 bridgehead atoms. The third kappa shape index (κ3) is 3.69. The van der Waals surface area contributed by atoms with Crippen LogP contribution in [-0.4, -0.2) is 45.0 Å². The Balaban J connectivity index is 1.86. The second kappa shape index (κ2) is 6.22. The third-order valence-corrected chi connectivity index (χ3v) is 6.55. The van der Waals surface area contributed by atoms with E-state index in [1.807, 2.05) is 0 Å². The van der Waals surface area contributed by atoms with Crippen LogP contribution in [-0.2, 0) is 14.6 Å². The van der Waals surface area contributed by atoms with Crippen molar-refractivity contribution in [3.8, 4) is 0 Å². The Morgan fingerprint density at radius 1 is 1.32 bits per heavy atom. The van der Waals surface area contributed by atoms with Gasteiger partial charge in [0.05, 0.1) is 5.75 Å². The second-order valence-electron chi connectivity index (χ2n) is 5.83. The molecule has 3 unspecified atom stereocenters. The number of sulfone groups is 1. The van der Waals surface area contributed by atoms with E-state index in [0.29, 0.717) is 31.2 Å². The van der Waals surface area contributed by atoms with Gasteiger partial charge in [-0.3, -0.25) is 4.79 Å². The van der Waals surface area contributed by atoms with Crippen molar-refractivity contribution in [3.63, 3.8) is 0 Å². The number of nitrogens with one attached hydrogen (secondary N) is 2. The average molecular weight is 288 g/mol. The van der Waals surface area contributed by atoms with Crippen LogP contribution in [0.25, 0.3) is 0 Å². The lowest BCUT2D eigenvalue weighted by atomic mass is 9.88. The highest BCUT2D eigenvalue weighted by Gasteiger charge is 2.35. The zero-order valence-electron chi connectivity index (χ0n) is 11.5. The van der Waals surface area contributed by atoms with E-state index in [0.717, 1.165) is 25.9 Å². The summed E-state index contributed by atoms with van der Waals surface area (Å²) >= 11 is 0. The predicted octanol–water partition coefficient (Wildman–Crippen LogP) is 0.316. The fourth-order valence-electron chi connectivity index (χ4n) is 2.97.